The highest BCUT2D eigenvalue weighted by molar-refractivity contribution is 5.95. The molecule has 0 saturated carbocycles. The van der Waals surface area contributed by atoms with E-state index in [-0.39, 0.29) is 5.91 Å². The van der Waals surface area contributed by atoms with Gasteiger partial charge in [0.05, 0.1) is 30.4 Å². The SMILES string of the molecule is CCc1nn(C)cc1C(=O)N(CCC#N)CCOC. The third kappa shape index (κ3) is 4.07. The lowest BCUT2D eigenvalue weighted by atomic mass is 10.2. The molecule has 1 aromatic heterocycles. The van der Waals surface area contributed by atoms with E-state index >= 15 is 0 Å². The molecule has 0 spiro atoms. The van der Waals surface area contributed by atoms with Gasteiger partial charge in [-0.25, -0.2) is 0 Å². The first-order chi connectivity index (χ1) is 9.13. The van der Waals surface area contributed by atoms with Crippen LogP contribution >= 0.6 is 0 Å². The summed E-state index contributed by atoms with van der Waals surface area (Å²) >= 11 is 0. The summed E-state index contributed by atoms with van der Waals surface area (Å²) in [5.74, 6) is -0.0859. The van der Waals surface area contributed by atoms with Crippen molar-refractivity contribution in [3.63, 3.8) is 0 Å². The van der Waals surface area contributed by atoms with Gasteiger partial charge in [-0.3, -0.25) is 9.48 Å². The molecule has 19 heavy (non-hydrogen) atoms. The Morgan fingerprint density at radius 3 is 2.89 bits per heavy atom. The predicted octanol–water partition coefficient (Wildman–Crippen LogP) is 0.985. The summed E-state index contributed by atoms with van der Waals surface area (Å²) in [5, 5.41) is 12.9. The van der Waals surface area contributed by atoms with Crippen LogP contribution in [0.4, 0.5) is 0 Å². The molecule has 104 valence electrons. The Morgan fingerprint density at radius 2 is 2.32 bits per heavy atom. The molecule has 6 heteroatoms. The van der Waals surface area contributed by atoms with E-state index in [1.807, 2.05) is 6.92 Å². The van der Waals surface area contributed by atoms with Gasteiger partial charge in [0.25, 0.3) is 5.91 Å². The summed E-state index contributed by atoms with van der Waals surface area (Å²) in [5.41, 5.74) is 1.39. The number of hydrogen-bond acceptors (Lipinski definition) is 4. The number of amides is 1. The Bertz CT molecular complexity index is 462. The van der Waals surface area contributed by atoms with Crippen LogP contribution in [-0.2, 0) is 18.2 Å². The van der Waals surface area contributed by atoms with Crippen LogP contribution in [0.3, 0.4) is 0 Å². The van der Waals surface area contributed by atoms with Crippen LogP contribution in [-0.4, -0.2) is 47.4 Å². The van der Waals surface area contributed by atoms with Crippen LogP contribution in [0.1, 0.15) is 29.4 Å². The minimum absolute atomic E-state index is 0.0859. The summed E-state index contributed by atoms with van der Waals surface area (Å²) < 4.78 is 6.65. The van der Waals surface area contributed by atoms with Gasteiger partial charge in [-0.15, -0.1) is 0 Å². The second kappa shape index (κ2) is 7.54. The first-order valence-electron chi connectivity index (χ1n) is 6.31. The smallest absolute Gasteiger partial charge is 0.257 e. The topological polar surface area (TPSA) is 71.2 Å². The third-order valence-electron chi connectivity index (χ3n) is 2.82. The molecule has 0 bridgehead atoms. The monoisotopic (exact) mass is 264 g/mol. The third-order valence-corrected chi connectivity index (χ3v) is 2.82. The molecule has 0 aliphatic heterocycles. The largest absolute Gasteiger partial charge is 0.383 e. The lowest BCUT2D eigenvalue weighted by Crippen LogP contribution is -2.35. The van der Waals surface area contributed by atoms with Gasteiger partial charge in [-0.1, -0.05) is 6.92 Å². The Morgan fingerprint density at radius 1 is 1.58 bits per heavy atom. The van der Waals surface area contributed by atoms with Crippen molar-refractivity contribution < 1.29 is 9.53 Å². The molecule has 0 radical (unpaired) electrons. The number of hydrogen-bond donors (Lipinski definition) is 0. The zero-order valence-electron chi connectivity index (χ0n) is 11.7. The van der Waals surface area contributed by atoms with Crippen LogP contribution in [0.25, 0.3) is 0 Å². The Kier molecular flexibility index (Phi) is 6.03. The second-order valence-corrected chi connectivity index (χ2v) is 4.21. The molecule has 0 aliphatic carbocycles. The van der Waals surface area contributed by atoms with E-state index in [1.165, 1.54) is 0 Å². The highest BCUT2D eigenvalue weighted by Gasteiger charge is 2.20. The number of nitriles is 1. The maximum atomic E-state index is 12.5. The molecule has 0 aromatic carbocycles. The van der Waals surface area contributed by atoms with Crippen LogP contribution in [0.15, 0.2) is 6.20 Å². The van der Waals surface area contributed by atoms with Crippen molar-refractivity contribution in [3.05, 3.63) is 17.5 Å². The standard InChI is InChI=1S/C13H20N4O2/c1-4-12-11(10-16(2)15-12)13(18)17(7-5-6-14)8-9-19-3/h10H,4-5,7-9H2,1-3H3. The van der Waals surface area contributed by atoms with Crippen LogP contribution < -0.4 is 0 Å². The van der Waals surface area contributed by atoms with Crippen molar-refractivity contribution in [2.24, 2.45) is 7.05 Å². The molecule has 0 N–H and O–H groups in total. The van der Waals surface area contributed by atoms with Crippen molar-refractivity contribution in [2.45, 2.75) is 19.8 Å². The highest BCUT2D eigenvalue weighted by Crippen LogP contribution is 2.11. The molecule has 1 aromatic rings. The molecule has 0 unspecified atom stereocenters. The van der Waals surface area contributed by atoms with Crippen molar-refractivity contribution >= 4 is 5.91 Å². The molecule has 0 saturated heterocycles. The fourth-order valence-electron chi connectivity index (χ4n) is 1.85. The van der Waals surface area contributed by atoms with E-state index in [0.717, 1.165) is 5.69 Å². The first kappa shape index (κ1) is 15.2. The van der Waals surface area contributed by atoms with Gasteiger partial charge < -0.3 is 9.64 Å². The summed E-state index contributed by atoms with van der Waals surface area (Å²) in [4.78, 5) is 14.1. The van der Waals surface area contributed by atoms with E-state index in [1.54, 1.807) is 29.9 Å². The fraction of sp³-hybridized carbons (Fsp3) is 0.615. The maximum Gasteiger partial charge on any atom is 0.257 e. The average molecular weight is 264 g/mol. The molecule has 1 heterocycles. The lowest BCUT2D eigenvalue weighted by molar-refractivity contribution is 0.0699. The number of carbonyl (C=O) groups excluding carboxylic acids is 1. The molecule has 0 atom stereocenters. The van der Waals surface area contributed by atoms with E-state index in [4.69, 9.17) is 10.00 Å². The van der Waals surface area contributed by atoms with Gasteiger partial charge in [0.2, 0.25) is 0 Å². The molecule has 0 fully saturated rings. The number of aryl methyl sites for hydroxylation is 2. The number of carbonyl (C=O) groups is 1. The van der Waals surface area contributed by atoms with Gasteiger partial charge in [-0.2, -0.15) is 10.4 Å². The van der Waals surface area contributed by atoms with E-state index in [2.05, 4.69) is 11.2 Å². The minimum atomic E-state index is -0.0859. The zero-order valence-corrected chi connectivity index (χ0v) is 11.7. The van der Waals surface area contributed by atoms with Gasteiger partial charge in [0, 0.05) is 33.4 Å². The summed E-state index contributed by atoms with van der Waals surface area (Å²) in [7, 11) is 3.39. The normalized spacial score (nSPS) is 10.2. The molecule has 1 amide bonds. The summed E-state index contributed by atoms with van der Waals surface area (Å²) in [6.07, 6.45) is 2.75. The average Bonchev–Trinajstić information content (AvgIpc) is 2.79. The molecule has 6 nitrogen and oxygen atoms in total. The van der Waals surface area contributed by atoms with Gasteiger partial charge in [0.1, 0.15) is 0 Å². The second-order valence-electron chi connectivity index (χ2n) is 4.21. The first-order valence-corrected chi connectivity index (χ1v) is 6.31. The van der Waals surface area contributed by atoms with Crippen molar-refractivity contribution in [1.82, 2.24) is 14.7 Å². The zero-order chi connectivity index (χ0) is 14.3. The van der Waals surface area contributed by atoms with Crippen molar-refractivity contribution in [1.29, 1.82) is 5.26 Å². The molecule has 1 rings (SSSR count). The van der Waals surface area contributed by atoms with Crippen LogP contribution in [0.5, 0.6) is 0 Å². The molecule has 0 aliphatic rings. The molecular weight excluding hydrogens is 244 g/mol. The number of ether oxygens (including phenoxy) is 1. The number of nitrogens with zero attached hydrogens (tertiary/aromatic N) is 4. The van der Waals surface area contributed by atoms with E-state index in [0.29, 0.717) is 38.1 Å². The summed E-state index contributed by atoms with van der Waals surface area (Å²) in [6.45, 7) is 3.32. The van der Waals surface area contributed by atoms with Gasteiger partial charge >= 0.3 is 0 Å². The fourth-order valence-corrected chi connectivity index (χ4v) is 1.85. The number of methoxy groups -OCH3 is 1. The van der Waals surface area contributed by atoms with Gasteiger partial charge in [-0.05, 0) is 6.42 Å². The van der Waals surface area contributed by atoms with Crippen LogP contribution in [0.2, 0.25) is 0 Å². The Labute approximate surface area is 113 Å². The van der Waals surface area contributed by atoms with Crippen molar-refractivity contribution in [3.8, 4) is 6.07 Å². The number of rotatable bonds is 7. The van der Waals surface area contributed by atoms with Crippen molar-refractivity contribution in [2.75, 3.05) is 26.8 Å². The summed E-state index contributed by atoms with van der Waals surface area (Å²) in [6, 6.07) is 2.06. The van der Waals surface area contributed by atoms with E-state index < -0.39 is 0 Å². The highest BCUT2D eigenvalue weighted by atomic mass is 16.5. The van der Waals surface area contributed by atoms with E-state index in [9.17, 15) is 4.79 Å². The number of aromatic nitrogens is 2. The Hall–Kier alpha value is -1.87. The van der Waals surface area contributed by atoms with Gasteiger partial charge in [0.15, 0.2) is 0 Å². The lowest BCUT2D eigenvalue weighted by Gasteiger charge is -2.20. The minimum Gasteiger partial charge on any atom is -0.383 e. The molecular formula is C13H20N4O2. The quantitative estimate of drug-likeness (QED) is 0.736. The van der Waals surface area contributed by atoms with Crippen LogP contribution in [0, 0.1) is 11.3 Å². The predicted molar refractivity (Wildman–Crippen MR) is 70.6 cm³/mol. The Balaban J connectivity index is 2.87. The maximum absolute atomic E-state index is 12.5.